The number of aryl methyl sites for hydroxylation is 2. The second-order valence-electron chi connectivity index (χ2n) is 5.65. The lowest BCUT2D eigenvalue weighted by atomic mass is 10.2. The number of aromatic nitrogens is 4. The zero-order chi connectivity index (χ0) is 17.1. The molecule has 1 fully saturated rings. The molecule has 0 amide bonds. The predicted octanol–water partition coefficient (Wildman–Crippen LogP) is 2.33. The first-order chi connectivity index (χ1) is 11.6. The molecule has 0 aromatic carbocycles. The number of hydrogen-bond donors (Lipinski definition) is 0. The summed E-state index contributed by atoms with van der Waals surface area (Å²) < 4.78 is 14.4. The van der Waals surface area contributed by atoms with Crippen LogP contribution in [0, 0.1) is 12.7 Å². The summed E-state index contributed by atoms with van der Waals surface area (Å²) >= 11 is 1.53. The van der Waals surface area contributed by atoms with E-state index >= 15 is 0 Å². The molecular weight excluding hydrogens is 327 g/mol. The standard InChI is InChI=1S/C16H21FN6S/c1-4-12-13(17)15(20-10-19-12)23-7-5-22(6-8-23)14-11(2)9-18-16(21-14)24-3/h9-10H,4-8H2,1-3H3. The summed E-state index contributed by atoms with van der Waals surface area (Å²) in [5, 5.41) is 0.771. The lowest BCUT2D eigenvalue weighted by Gasteiger charge is -2.36. The molecule has 0 atom stereocenters. The summed E-state index contributed by atoms with van der Waals surface area (Å²) in [5.74, 6) is 1.08. The summed E-state index contributed by atoms with van der Waals surface area (Å²) in [7, 11) is 0. The first kappa shape index (κ1) is 16.9. The monoisotopic (exact) mass is 348 g/mol. The van der Waals surface area contributed by atoms with Crippen molar-refractivity contribution in [1.82, 2.24) is 19.9 Å². The Morgan fingerprint density at radius 1 is 1.08 bits per heavy atom. The molecular formula is C16H21FN6S. The fourth-order valence-electron chi connectivity index (χ4n) is 2.83. The SMILES string of the molecule is CCc1ncnc(N2CCN(c3nc(SC)ncc3C)CC2)c1F. The van der Waals surface area contributed by atoms with Crippen molar-refractivity contribution in [2.75, 3.05) is 42.2 Å². The molecule has 8 heteroatoms. The molecule has 0 aliphatic carbocycles. The number of thioether (sulfide) groups is 1. The van der Waals surface area contributed by atoms with Crippen molar-refractivity contribution in [3.8, 4) is 0 Å². The van der Waals surface area contributed by atoms with Crippen LogP contribution in [0.15, 0.2) is 17.7 Å². The Labute approximate surface area is 145 Å². The lowest BCUT2D eigenvalue weighted by molar-refractivity contribution is 0.567. The maximum atomic E-state index is 14.4. The third-order valence-electron chi connectivity index (χ3n) is 4.16. The van der Waals surface area contributed by atoms with Gasteiger partial charge in [0, 0.05) is 37.9 Å². The minimum absolute atomic E-state index is 0.295. The summed E-state index contributed by atoms with van der Waals surface area (Å²) in [6.07, 6.45) is 5.84. The first-order valence-electron chi connectivity index (χ1n) is 8.01. The van der Waals surface area contributed by atoms with Gasteiger partial charge in [-0.1, -0.05) is 18.7 Å². The smallest absolute Gasteiger partial charge is 0.189 e. The highest BCUT2D eigenvalue weighted by molar-refractivity contribution is 7.98. The number of nitrogens with zero attached hydrogens (tertiary/aromatic N) is 6. The number of hydrogen-bond acceptors (Lipinski definition) is 7. The zero-order valence-corrected chi connectivity index (χ0v) is 15.0. The van der Waals surface area contributed by atoms with Crippen molar-refractivity contribution in [2.45, 2.75) is 25.4 Å². The maximum Gasteiger partial charge on any atom is 0.189 e. The Hall–Kier alpha value is -1.96. The molecule has 0 N–H and O–H groups in total. The molecule has 2 aromatic rings. The van der Waals surface area contributed by atoms with Gasteiger partial charge >= 0.3 is 0 Å². The van der Waals surface area contributed by atoms with Crippen molar-refractivity contribution in [2.24, 2.45) is 0 Å². The number of piperazine rings is 1. The third kappa shape index (κ3) is 3.28. The van der Waals surface area contributed by atoms with Crippen molar-refractivity contribution in [3.05, 3.63) is 29.6 Å². The zero-order valence-electron chi connectivity index (χ0n) is 14.2. The Balaban J connectivity index is 1.75. The molecule has 3 rings (SSSR count). The minimum atomic E-state index is -0.295. The van der Waals surface area contributed by atoms with Crippen LogP contribution in [-0.2, 0) is 6.42 Å². The third-order valence-corrected chi connectivity index (χ3v) is 4.72. The van der Waals surface area contributed by atoms with Gasteiger partial charge in [0.25, 0.3) is 0 Å². The van der Waals surface area contributed by atoms with Gasteiger partial charge in [-0.25, -0.2) is 24.3 Å². The van der Waals surface area contributed by atoms with Crippen molar-refractivity contribution >= 4 is 23.4 Å². The largest absolute Gasteiger partial charge is 0.353 e. The molecule has 1 aliphatic heterocycles. The molecule has 0 spiro atoms. The second-order valence-corrected chi connectivity index (χ2v) is 6.42. The van der Waals surface area contributed by atoms with Gasteiger partial charge in [0.15, 0.2) is 16.8 Å². The molecule has 2 aromatic heterocycles. The van der Waals surface area contributed by atoms with E-state index in [1.165, 1.54) is 18.1 Å². The first-order valence-corrected chi connectivity index (χ1v) is 9.23. The minimum Gasteiger partial charge on any atom is -0.353 e. The van der Waals surface area contributed by atoms with E-state index in [-0.39, 0.29) is 5.82 Å². The van der Waals surface area contributed by atoms with Crippen LogP contribution in [0.5, 0.6) is 0 Å². The highest BCUT2D eigenvalue weighted by atomic mass is 32.2. The summed E-state index contributed by atoms with van der Waals surface area (Å²) in [6, 6.07) is 0. The number of rotatable bonds is 4. The molecule has 3 heterocycles. The van der Waals surface area contributed by atoms with Crippen LogP contribution >= 0.6 is 11.8 Å². The quantitative estimate of drug-likeness (QED) is 0.621. The van der Waals surface area contributed by atoms with Crippen LogP contribution in [0.1, 0.15) is 18.2 Å². The van der Waals surface area contributed by atoms with E-state index in [1.807, 2.05) is 31.2 Å². The van der Waals surface area contributed by atoms with E-state index < -0.39 is 0 Å². The summed E-state index contributed by atoms with van der Waals surface area (Å²) in [5.41, 5.74) is 1.53. The maximum absolute atomic E-state index is 14.4. The fraction of sp³-hybridized carbons (Fsp3) is 0.500. The van der Waals surface area contributed by atoms with E-state index in [9.17, 15) is 4.39 Å². The van der Waals surface area contributed by atoms with Crippen LogP contribution in [0.25, 0.3) is 0 Å². The molecule has 1 saturated heterocycles. The normalized spacial score (nSPS) is 15.0. The Bertz CT molecular complexity index is 708. The molecule has 0 saturated carbocycles. The Morgan fingerprint density at radius 3 is 2.38 bits per heavy atom. The van der Waals surface area contributed by atoms with E-state index in [2.05, 4.69) is 24.8 Å². The predicted molar refractivity (Wildman–Crippen MR) is 94.3 cm³/mol. The topological polar surface area (TPSA) is 58.0 Å². The van der Waals surface area contributed by atoms with Crippen molar-refractivity contribution in [1.29, 1.82) is 0 Å². The van der Waals surface area contributed by atoms with Crippen LogP contribution in [-0.4, -0.2) is 52.4 Å². The highest BCUT2D eigenvalue weighted by Gasteiger charge is 2.23. The van der Waals surface area contributed by atoms with Gasteiger partial charge in [-0.05, 0) is 19.6 Å². The molecule has 0 bridgehead atoms. The Kier molecular flexibility index (Phi) is 5.13. The van der Waals surface area contributed by atoms with Gasteiger partial charge < -0.3 is 9.80 Å². The molecule has 6 nitrogen and oxygen atoms in total. The van der Waals surface area contributed by atoms with Gasteiger partial charge in [0.2, 0.25) is 0 Å². The molecule has 1 aliphatic rings. The average molecular weight is 348 g/mol. The van der Waals surface area contributed by atoms with E-state index in [4.69, 9.17) is 0 Å². The van der Waals surface area contributed by atoms with Crippen LogP contribution in [0.3, 0.4) is 0 Å². The van der Waals surface area contributed by atoms with Crippen molar-refractivity contribution in [3.63, 3.8) is 0 Å². The second kappa shape index (κ2) is 7.29. The fourth-order valence-corrected chi connectivity index (χ4v) is 3.16. The van der Waals surface area contributed by atoms with Crippen LogP contribution in [0.4, 0.5) is 16.0 Å². The number of anilines is 2. The van der Waals surface area contributed by atoms with E-state index in [0.29, 0.717) is 31.0 Å². The van der Waals surface area contributed by atoms with Crippen LogP contribution < -0.4 is 9.80 Å². The van der Waals surface area contributed by atoms with Crippen LogP contribution in [0.2, 0.25) is 0 Å². The molecule has 128 valence electrons. The van der Waals surface area contributed by atoms with Gasteiger partial charge in [0.1, 0.15) is 12.1 Å². The van der Waals surface area contributed by atoms with E-state index in [1.54, 1.807) is 0 Å². The summed E-state index contributed by atoms with van der Waals surface area (Å²) in [4.78, 5) is 21.3. The average Bonchev–Trinajstić information content (AvgIpc) is 2.63. The molecule has 24 heavy (non-hydrogen) atoms. The highest BCUT2D eigenvalue weighted by Crippen LogP contribution is 2.24. The van der Waals surface area contributed by atoms with Gasteiger partial charge in [-0.15, -0.1) is 0 Å². The van der Waals surface area contributed by atoms with Gasteiger partial charge in [-0.3, -0.25) is 0 Å². The summed E-state index contributed by atoms with van der Waals surface area (Å²) in [6.45, 7) is 6.87. The van der Waals surface area contributed by atoms with Gasteiger partial charge in [0.05, 0.1) is 5.69 Å². The van der Waals surface area contributed by atoms with Gasteiger partial charge in [-0.2, -0.15) is 0 Å². The molecule has 0 unspecified atom stereocenters. The van der Waals surface area contributed by atoms with E-state index in [0.717, 1.165) is 29.6 Å². The molecule has 0 radical (unpaired) electrons. The van der Waals surface area contributed by atoms with Crippen molar-refractivity contribution < 1.29 is 4.39 Å². The number of halogens is 1. The Morgan fingerprint density at radius 2 is 1.75 bits per heavy atom. The lowest BCUT2D eigenvalue weighted by Crippen LogP contribution is -2.47.